The quantitative estimate of drug-likeness (QED) is 0.172. The zero-order valence-electron chi connectivity index (χ0n) is 26.4. The smallest absolute Gasteiger partial charge is 0.0561 e. The Kier molecular flexibility index (Phi) is 7.53. The Morgan fingerprint density at radius 3 is 2.30 bits per heavy atom. The summed E-state index contributed by atoms with van der Waals surface area (Å²) < 4.78 is 12.2. The molecule has 0 spiro atoms. The van der Waals surface area contributed by atoms with Crippen LogP contribution in [0.15, 0.2) is 66.9 Å². The molecule has 0 amide bonds. The molecule has 43 heavy (non-hydrogen) atoms. The molecule has 0 bridgehead atoms. The molecule has 0 radical (unpaired) electrons. The van der Waals surface area contributed by atoms with Crippen LogP contribution in [0, 0.1) is 15.9 Å². The van der Waals surface area contributed by atoms with Crippen LogP contribution in [0.3, 0.4) is 0 Å². The van der Waals surface area contributed by atoms with E-state index in [0.717, 1.165) is 39.4 Å². The Bertz CT molecular complexity index is 1890. The Morgan fingerprint density at radius 2 is 1.58 bits per heavy atom. The predicted octanol–water partition coefficient (Wildman–Crippen LogP) is 8.90. The summed E-state index contributed by atoms with van der Waals surface area (Å²) >= 11 is 2.40. The van der Waals surface area contributed by atoms with Crippen molar-refractivity contribution in [3.8, 4) is 17.2 Å². The predicted molar refractivity (Wildman–Crippen MR) is 171 cm³/mol. The number of fused-ring (bicyclic) bond motifs is 2. The second-order valence-corrected chi connectivity index (χ2v) is 14.7. The van der Waals surface area contributed by atoms with E-state index in [1.807, 2.05) is 12.3 Å². The summed E-state index contributed by atoms with van der Waals surface area (Å²) in [5, 5.41) is 0. The van der Waals surface area contributed by atoms with Crippen LogP contribution < -0.4 is 9.64 Å². The molecule has 3 aromatic carbocycles. The first-order valence-electron chi connectivity index (χ1n) is 15.0. The van der Waals surface area contributed by atoms with Gasteiger partial charge in [-0.1, -0.05) is 20.8 Å². The minimum absolute atomic E-state index is 0.0414. The van der Waals surface area contributed by atoms with Gasteiger partial charge >= 0.3 is 224 Å². The van der Waals surface area contributed by atoms with Crippen molar-refractivity contribution in [2.45, 2.75) is 78.2 Å². The summed E-state index contributed by atoms with van der Waals surface area (Å²) in [6.45, 7) is 15.7. The summed E-state index contributed by atoms with van der Waals surface area (Å²) in [6, 6.07) is 28.9. The van der Waals surface area contributed by atoms with Crippen LogP contribution in [-0.4, -0.2) is 20.2 Å². The molecule has 6 heteroatoms. The van der Waals surface area contributed by atoms with Crippen LogP contribution in [-0.2, 0) is 43.7 Å². The first kappa shape index (κ1) is 29.6. The summed E-state index contributed by atoms with van der Waals surface area (Å²) in [6.07, 6.45) is 4.00. The summed E-state index contributed by atoms with van der Waals surface area (Å²) in [7, 11) is 2.10. The number of hydrogen-bond donors (Lipinski definition) is 0. The molecule has 0 saturated carbocycles. The van der Waals surface area contributed by atoms with Gasteiger partial charge in [0.15, 0.2) is 0 Å². The third-order valence-electron chi connectivity index (χ3n) is 8.42. The molecule has 5 aromatic rings. The van der Waals surface area contributed by atoms with Crippen molar-refractivity contribution in [1.82, 2.24) is 14.1 Å². The molecule has 3 heterocycles. The van der Waals surface area contributed by atoms with Crippen molar-refractivity contribution >= 4 is 22.5 Å². The van der Waals surface area contributed by atoms with Gasteiger partial charge in [-0.15, -0.1) is 0 Å². The van der Waals surface area contributed by atoms with E-state index in [4.69, 9.17) is 9.72 Å². The van der Waals surface area contributed by atoms with Gasteiger partial charge in [-0.2, -0.15) is 0 Å². The number of pyridine rings is 1. The minimum Gasteiger partial charge on any atom is -0.0561 e. The third kappa shape index (κ3) is 5.65. The van der Waals surface area contributed by atoms with Gasteiger partial charge in [-0.3, -0.25) is 0 Å². The molecule has 2 aromatic heterocycles. The number of benzene rings is 3. The Balaban J connectivity index is 1.44. The number of hydrogen-bond acceptors (Lipinski definition) is 3. The molecule has 1 aliphatic rings. The first-order chi connectivity index (χ1) is 20.3. The van der Waals surface area contributed by atoms with E-state index in [-0.39, 0.29) is 10.8 Å². The second-order valence-electron chi connectivity index (χ2n) is 13.7. The zero-order chi connectivity index (χ0) is 30.7. The van der Waals surface area contributed by atoms with Crippen molar-refractivity contribution in [1.29, 1.82) is 0 Å². The van der Waals surface area contributed by atoms with E-state index in [1.54, 1.807) is 0 Å². The molecule has 226 valence electrons. The summed E-state index contributed by atoms with van der Waals surface area (Å²) in [5.41, 5.74) is 8.00. The van der Waals surface area contributed by atoms with Gasteiger partial charge in [0.25, 0.3) is 0 Å². The topological polar surface area (TPSA) is 35.2 Å². The maximum atomic E-state index is 6.62. The van der Waals surface area contributed by atoms with Crippen LogP contribution in [0.1, 0.15) is 71.6 Å². The maximum absolute atomic E-state index is 6.62. The Labute approximate surface area is 266 Å². The second kappa shape index (κ2) is 10.9. The van der Waals surface area contributed by atoms with Gasteiger partial charge < -0.3 is 0 Å². The van der Waals surface area contributed by atoms with E-state index < -0.39 is 0 Å². The molecular weight excluding hydrogens is 712 g/mol. The standard InChI is InChI=1S/C37H40N4O.Pt/c1-25-13-14-26-15-16-30(23-34(26)41(25)35-21-27(17-18-38-35)36(2,3)4)42-31-20-28(37(5,6)7)19-29(22-31)40-24-39(8)32-11-9-10-12-33(32)40;/h9-12,15-21,25H,13-14H2,1-8H3;/q-2;. The van der Waals surface area contributed by atoms with Crippen molar-refractivity contribution in [3.05, 3.63) is 99.5 Å². The van der Waals surface area contributed by atoms with Crippen molar-refractivity contribution < 1.29 is 24.1 Å². The number of imidazole rings is 1. The Morgan fingerprint density at radius 1 is 0.860 bits per heavy atom. The molecular formula is C37H40N4OPt-2. The molecule has 0 fully saturated rings. The van der Waals surface area contributed by atoms with E-state index in [9.17, 15) is 0 Å². The zero-order valence-corrected chi connectivity index (χ0v) is 28.6. The molecule has 1 aliphatic heterocycles. The van der Waals surface area contributed by atoms with Gasteiger partial charge in [-0.25, -0.2) is 0 Å². The molecule has 5 nitrogen and oxygen atoms in total. The van der Waals surface area contributed by atoms with Crippen LogP contribution in [0.5, 0.6) is 11.5 Å². The molecule has 6 rings (SSSR count). The average molecular weight is 752 g/mol. The van der Waals surface area contributed by atoms with Crippen LogP contribution >= 0.6 is 0 Å². The number of aryl methyl sites for hydroxylation is 2. The molecule has 1 atom stereocenters. The first-order valence-corrected chi connectivity index (χ1v) is 16.1. The van der Waals surface area contributed by atoms with Gasteiger partial charge in [0.2, 0.25) is 0 Å². The van der Waals surface area contributed by atoms with Crippen molar-refractivity contribution in [2.24, 2.45) is 7.05 Å². The number of ether oxygens (including phenoxy) is 1. The molecule has 0 N–H and O–H groups in total. The average Bonchev–Trinajstić information content (AvgIpc) is 3.21. The third-order valence-corrected chi connectivity index (χ3v) is 9.69. The molecule has 0 saturated heterocycles. The minimum atomic E-state index is -0.0751. The summed E-state index contributed by atoms with van der Waals surface area (Å²) in [4.78, 5) is 7.14. The van der Waals surface area contributed by atoms with E-state index in [0.29, 0.717) is 17.5 Å². The fourth-order valence-corrected chi connectivity index (χ4v) is 6.61. The van der Waals surface area contributed by atoms with Gasteiger partial charge in [0.1, 0.15) is 0 Å². The number of anilines is 2. The van der Waals surface area contributed by atoms with Crippen LogP contribution in [0.2, 0.25) is 0 Å². The number of rotatable bonds is 4. The fraction of sp³-hybridized carbons (Fsp3) is 0.351. The van der Waals surface area contributed by atoms with E-state index >= 15 is 0 Å². The van der Waals surface area contributed by atoms with Crippen molar-refractivity contribution in [2.75, 3.05) is 4.90 Å². The normalized spacial score (nSPS) is 15.6. The van der Waals surface area contributed by atoms with Crippen LogP contribution in [0.4, 0.5) is 11.5 Å². The monoisotopic (exact) mass is 751 g/mol. The Hall–Kier alpha value is -3.43. The SMILES string of the molecule is CC1CCc2ccc(Oc3[c-]c(-n4[c](=[Pt])n(C)c5ccccc54)cc(C(C)(C)C)c3)[c-]c2N1c1cc(C(C)(C)C)ccn1. The number of para-hydroxylation sites is 2. The van der Waals surface area contributed by atoms with Gasteiger partial charge in [0, 0.05) is 6.20 Å². The van der Waals surface area contributed by atoms with E-state index in [1.165, 1.54) is 22.2 Å². The molecule has 1 unspecified atom stereocenters. The number of aromatic nitrogens is 3. The van der Waals surface area contributed by atoms with Gasteiger partial charge in [0.05, 0.1) is 0 Å². The van der Waals surface area contributed by atoms with Crippen molar-refractivity contribution in [3.63, 3.8) is 0 Å². The number of nitrogens with zero attached hydrogens (tertiary/aromatic N) is 4. The summed E-state index contributed by atoms with van der Waals surface area (Å²) in [5.74, 6) is 2.31. The molecule has 0 aliphatic carbocycles. The van der Waals surface area contributed by atoms with E-state index in [2.05, 4.69) is 156 Å². The van der Waals surface area contributed by atoms with Gasteiger partial charge in [-0.05, 0) is 17.0 Å². The fourth-order valence-electron chi connectivity index (χ4n) is 5.79. The van der Waals surface area contributed by atoms with Crippen LogP contribution in [0.25, 0.3) is 16.7 Å².